The van der Waals surface area contributed by atoms with Crippen LogP contribution in [0.5, 0.6) is 11.5 Å². The van der Waals surface area contributed by atoms with Crippen LogP contribution in [0.2, 0.25) is 0 Å². The zero-order valence-corrected chi connectivity index (χ0v) is 13.0. The quantitative estimate of drug-likeness (QED) is 0.785. The summed E-state index contributed by atoms with van der Waals surface area (Å²) in [6.07, 6.45) is 0. The molecule has 1 rings (SSSR count). The maximum Gasteiger partial charge on any atom is 0.240 e. The number of benzene rings is 1. The molecular formula is C13H21NO5S. The van der Waals surface area contributed by atoms with Crippen molar-refractivity contribution in [3.8, 4) is 11.5 Å². The summed E-state index contributed by atoms with van der Waals surface area (Å²) in [4.78, 5) is 0.0869. The molecule has 0 aliphatic heterocycles. The number of hydrogen-bond acceptors (Lipinski definition) is 5. The molecule has 0 atom stereocenters. The van der Waals surface area contributed by atoms with Crippen LogP contribution in [0.1, 0.15) is 13.8 Å². The van der Waals surface area contributed by atoms with Gasteiger partial charge in [0.25, 0.3) is 0 Å². The second-order valence-electron chi connectivity index (χ2n) is 5.16. The van der Waals surface area contributed by atoms with Gasteiger partial charge in [0.2, 0.25) is 10.0 Å². The highest BCUT2D eigenvalue weighted by atomic mass is 32.2. The highest BCUT2D eigenvalue weighted by Gasteiger charge is 2.22. The standard InChI is InChI=1S/C13H21NO5S/c1-13(2,9-15)8-14-20(16,17)10-5-6-11(18-3)12(7-10)19-4/h5-7,14-15H,8-9H2,1-4H3. The predicted molar refractivity (Wildman–Crippen MR) is 75.6 cm³/mol. The molecule has 2 N–H and O–H groups in total. The van der Waals surface area contributed by atoms with Crippen molar-refractivity contribution in [3.05, 3.63) is 18.2 Å². The molecule has 20 heavy (non-hydrogen) atoms. The first-order valence-electron chi connectivity index (χ1n) is 6.08. The molecule has 1 aromatic carbocycles. The molecule has 1 aromatic rings. The van der Waals surface area contributed by atoms with Crippen LogP contribution in [-0.2, 0) is 10.0 Å². The summed E-state index contributed by atoms with van der Waals surface area (Å²) in [7, 11) is -0.737. The number of hydrogen-bond donors (Lipinski definition) is 2. The summed E-state index contributed by atoms with van der Waals surface area (Å²) in [5.41, 5.74) is -0.524. The van der Waals surface area contributed by atoms with E-state index >= 15 is 0 Å². The summed E-state index contributed by atoms with van der Waals surface area (Å²) >= 11 is 0. The molecule has 0 aliphatic carbocycles. The van der Waals surface area contributed by atoms with Crippen molar-refractivity contribution in [2.75, 3.05) is 27.4 Å². The van der Waals surface area contributed by atoms with E-state index in [1.54, 1.807) is 13.8 Å². The van der Waals surface area contributed by atoms with Crippen molar-refractivity contribution < 1.29 is 23.0 Å². The van der Waals surface area contributed by atoms with Gasteiger partial charge in [0.15, 0.2) is 11.5 Å². The third-order valence-electron chi connectivity index (χ3n) is 2.83. The summed E-state index contributed by atoms with van der Waals surface area (Å²) < 4.78 is 37.0. The van der Waals surface area contributed by atoms with Crippen molar-refractivity contribution in [1.82, 2.24) is 4.72 Å². The topological polar surface area (TPSA) is 84.9 Å². The van der Waals surface area contributed by atoms with E-state index in [-0.39, 0.29) is 18.0 Å². The Kier molecular flexibility index (Phi) is 5.38. The Bertz CT molecular complexity index is 554. The monoisotopic (exact) mass is 303 g/mol. The molecule has 7 heteroatoms. The fourth-order valence-electron chi connectivity index (χ4n) is 1.41. The number of nitrogens with one attached hydrogen (secondary N) is 1. The van der Waals surface area contributed by atoms with Crippen molar-refractivity contribution in [1.29, 1.82) is 0 Å². The molecule has 0 unspecified atom stereocenters. The number of methoxy groups -OCH3 is 2. The van der Waals surface area contributed by atoms with Crippen LogP contribution in [-0.4, -0.2) is 40.9 Å². The average Bonchev–Trinajstić information content (AvgIpc) is 2.44. The van der Waals surface area contributed by atoms with Crippen LogP contribution in [0.15, 0.2) is 23.1 Å². The lowest BCUT2D eigenvalue weighted by Crippen LogP contribution is -2.36. The Morgan fingerprint density at radius 1 is 1.20 bits per heavy atom. The van der Waals surface area contributed by atoms with E-state index in [1.807, 2.05) is 0 Å². The lowest BCUT2D eigenvalue weighted by atomic mass is 9.96. The van der Waals surface area contributed by atoms with Crippen LogP contribution in [0.3, 0.4) is 0 Å². The Morgan fingerprint density at radius 3 is 2.30 bits per heavy atom. The molecular weight excluding hydrogens is 282 g/mol. The summed E-state index contributed by atoms with van der Waals surface area (Å²) in [6, 6.07) is 4.37. The van der Waals surface area contributed by atoms with Crippen molar-refractivity contribution in [3.63, 3.8) is 0 Å². The van der Waals surface area contributed by atoms with Crippen molar-refractivity contribution in [2.45, 2.75) is 18.7 Å². The Hall–Kier alpha value is -1.31. The maximum atomic E-state index is 12.2. The van der Waals surface area contributed by atoms with Gasteiger partial charge < -0.3 is 14.6 Å². The number of sulfonamides is 1. The normalized spacial score (nSPS) is 12.2. The van der Waals surface area contributed by atoms with Crippen LogP contribution in [0.25, 0.3) is 0 Å². The molecule has 0 radical (unpaired) electrons. The summed E-state index contributed by atoms with van der Waals surface area (Å²) in [5, 5.41) is 9.14. The van der Waals surface area contributed by atoms with Crippen LogP contribution >= 0.6 is 0 Å². The zero-order chi connectivity index (χ0) is 15.4. The Balaban J connectivity index is 2.98. The maximum absolute atomic E-state index is 12.2. The van der Waals surface area contributed by atoms with Crippen molar-refractivity contribution >= 4 is 10.0 Å². The number of ether oxygens (including phenoxy) is 2. The molecule has 0 saturated carbocycles. The molecule has 0 aromatic heterocycles. The number of aliphatic hydroxyl groups is 1. The molecule has 0 bridgehead atoms. The number of rotatable bonds is 7. The van der Waals surface area contributed by atoms with Gasteiger partial charge in [-0.3, -0.25) is 0 Å². The zero-order valence-electron chi connectivity index (χ0n) is 12.1. The van der Waals surface area contributed by atoms with E-state index in [0.29, 0.717) is 11.5 Å². The van der Waals surface area contributed by atoms with E-state index in [0.717, 1.165) is 0 Å². The van der Waals surface area contributed by atoms with E-state index in [2.05, 4.69) is 4.72 Å². The summed E-state index contributed by atoms with van der Waals surface area (Å²) in [5.74, 6) is 0.805. The van der Waals surface area contributed by atoms with Crippen molar-refractivity contribution in [2.24, 2.45) is 5.41 Å². The minimum Gasteiger partial charge on any atom is -0.493 e. The van der Waals surface area contributed by atoms with Crippen LogP contribution in [0, 0.1) is 5.41 Å². The van der Waals surface area contributed by atoms with Gasteiger partial charge in [0.05, 0.1) is 19.1 Å². The summed E-state index contributed by atoms with van der Waals surface area (Å²) in [6.45, 7) is 3.57. The first-order chi connectivity index (χ1) is 9.25. The van der Waals surface area contributed by atoms with Gasteiger partial charge in [0, 0.05) is 24.6 Å². The molecule has 6 nitrogen and oxygen atoms in total. The van der Waals surface area contributed by atoms with Gasteiger partial charge >= 0.3 is 0 Å². The molecule has 0 amide bonds. The fraction of sp³-hybridized carbons (Fsp3) is 0.538. The van der Waals surface area contributed by atoms with E-state index in [4.69, 9.17) is 14.6 Å². The van der Waals surface area contributed by atoms with Crippen LogP contribution < -0.4 is 14.2 Å². The highest BCUT2D eigenvalue weighted by molar-refractivity contribution is 7.89. The highest BCUT2D eigenvalue weighted by Crippen LogP contribution is 2.29. The largest absolute Gasteiger partial charge is 0.493 e. The lowest BCUT2D eigenvalue weighted by molar-refractivity contribution is 0.163. The first kappa shape index (κ1) is 16.7. The third-order valence-corrected chi connectivity index (χ3v) is 4.23. The van der Waals surface area contributed by atoms with E-state index in [9.17, 15) is 8.42 Å². The lowest BCUT2D eigenvalue weighted by Gasteiger charge is -2.21. The average molecular weight is 303 g/mol. The van der Waals surface area contributed by atoms with Gasteiger partial charge in [-0.15, -0.1) is 0 Å². The Morgan fingerprint density at radius 2 is 1.80 bits per heavy atom. The van der Waals surface area contributed by atoms with Gasteiger partial charge in [-0.1, -0.05) is 13.8 Å². The van der Waals surface area contributed by atoms with Crippen LogP contribution in [0.4, 0.5) is 0 Å². The smallest absolute Gasteiger partial charge is 0.240 e. The number of aliphatic hydroxyl groups excluding tert-OH is 1. The fourth-order valence-corrected chi connectivity index (χ4v) is 2.67. The second kappa shape index (κ2) is 6.43. The molecule has 0 heterocycles. The molecule has 0 fully saturated rings. The predicted octanol–water partition coefficient (Wildman–Crippen LogP) is 1.00. The molecule has 0 aliphatic rings. The minimum absolute atomic E-state index is 0.0869. The minimum atomic E-state index is -3.66. The molecule has 0 spiro atoms. The van der Waals surface area contributed by atoms with Gasteiger partial charge in [-0.05, 0) is 12.1 Å². The van der Waals surface area contributed by atoms with E-state index in [1.165, 1.54) is 32.4 Å². The molecule has 114 valence electrons. The SMILES string of the molecule is COc1ccc(S(=O)(=O)NCC(C)(C)CO)cc1OC. The van der Waals surface area contributed by atoms with Gasteiger partial charge in [0.1, 0.15) is 0 Å². The van der Waals surface area contributed by atoms with Gasteiger partial charge in [-0.25, -0.2) is 13.1 Å². The van der Waals surface area contributed by atoms with Gasteiger partial charge in [-0.2, -0.15) is 0 Å². The van der Waals surface area contributed by atoms with E-state index < -0.39 is 15.4 Å². The molecule has 0 saturated heterocycles. The third kappa shape index (κ3) is 4.09. The Labute approximate surface area is 119 Å². The first-order valence-corrected chi connectivity index (χ1v) is 7.56. The second-order valence-corrected chi connectivity index (χ2v) is 6.93.